The molecule has 2 aromatic carbocycles. The van der Waals surface area contributed by atoms with E-state index >= 15 is 0 Å². The molecule has 0 aliphatic heterocycles. The second kappa shape index (κ2) is 9.16. The lowest BCUT2D eigenvalue weighted by Crippen LogP contribution is -2.30. The van der Waals surface area contributed by atoms with Crippen molar-refractivity contribution < 1.29 is 4.74 Å². The molecule has 1 aliphatic rings. The first-order valence-electron chi connectivity index (χ1n) is 7.90. The fraction of sp³-hybridized carbons (Fsp3) is 0.368. The van der Waals surface area contributed by atoms with E-state index in [-0.39, 0.29) is 30.9 Å². The number of fused-ring (bicyclic) bond motifs is 1. The van der Waals surface area contributed by atoms with E-state index in [4.69, 9.17) is 10.5 Å². The van der Waals surface area contributed by atoms with Gasteiger partial charge >= 0.3 is 0 Å². The molecule has 24 heavy (non-hydrogen) atoms. The van der Waals surface area contributed by atoms with E-state index in [0.717, 1.165) is 24.3 Å². The summed E-state index contributed by atoms with van der Waals surface area (Å²) in [6.45, 7) is 0. The van der Waals surface area contributed by atoms with Gasteiger partial charge in [0.1, 0.15) is 11.9 Å². The second-order valence-corrected chi connectivity index (χ2v) is 6.27. The highest BCUT2D eigenvalue weighted by molar-refractivity contribution is 5.85. The molecule has 5 heteroatoms. The van der Waals surface area contributed by atoms with Gasteiger partial charge in [-0.1, -0.05) is 24.3 Å². The van der Waals surface area contributed by atoms with Gasteiger partial charge in [0.15, 0.2) is 0 Å². The number of anilines is 1. The van der Waals surface area contributed by atoms with Crippen LogP contribution in [0.1, 0.15) is 30.1 Å². The minimum Gasteiger partial charge on any atom is -0.486 e. The van der Waals surface area contributed by atoms with E-state index in [2.05, 4.69) is 43.3 Å². The fourth-order valence-electron chi connectivity index (χ4n) is 3.18. The fourth-order valence-corrected chi connectivity index (χ4v) is 3.18. The summed E-state index contributed by atoms with van der Waals surface area (Å²) in [6, 6.07) is 16.9. The Bertz CT molecular complexity index is 632. The third-order valence-electron chi connectivity index (χ3n) is 4.52. The quantitative estimate of drug-likeness (QED) is 0.640. The average Bonchev–Trinajstić information content (AvgIpc) is 2.70. The van der Waals surface area contributed by atoms with Crippen LogP contribution in [0.3, 0.4) is 0 Å². The highest BCUT2D eigenvalue weighted by atomic mass is 35.5. The first kappa shape index (κ1) is 20.6. The third kappa shape index (κ3) is 4.79. The Labute approximate surface area is 157 Å². The van der Waals surface area contributed by atoms with Crippen LogP contribution in [0.2, 0.25) is 0 Å². The van der Waals surface area contributed by atoms with Crippen molar-refractivity contribution in [3.63, 3.8) is 0 Å². The smallest absolute Gasteiger partial charge is 0.125 e. The predicted molar refractivity (Wildman–Crippen MR) is 106 cm³/mol. The summed E-state index contributed by atoms with van der Waals surface area (Å²) in [5.74, 6) is 0.883. The van der Waals surface area contributed by atoms with Crippen LogP contribution in [-0.4, -0.2) is 25.0 Å². The van der Waals surface area contributed by atoms with Crippen LogP contribution in [0.4, 0.5) is 5.69 Å². The minimum absolute atomic E-state index is 0. The summed E-state index contributed by atoms with van der Waals surface area (Å²) in [6.07, 6.45) is 3.38. The van der Waals surface area contributed by atoms with Crippen LogP contribution < -0.4 is 10.5 Å². The zero-order chi connectivity index (χ0) is 15.5. The maximum absolute atomic E-state index is 6.31. The Morgan fingerprint density at radius 3 is 2.33 bits per heavy atom. The SMILES string of the molecule is CN(C)[C@@H]1CCc2ccccc2[C@H](Oc2ccc(N)cc2)C1.Cl.Cl. The van der Waals surface area contributed by atoms with Gasteiger partial charge in [0.05, 0.1) is 0 Å². The number of aryl methyl sites for hydroxylation is 1. The Morgan fingerprint density at radius 1 is 1.00 bits per heavy atom. The number of nitrogen functional groups attached to an aromatic ring is 1. The van der Waals surface area contributed by atoms with E-state index < -0.39 is 0 Å². The standard InChI is InChI=1S/C19H24N2O.2ClH/c1-21(2)16-10-7-14-5-3-4-6-18(14)19(13-16)22-17-11-8-15(20)9-12-17;;/h3-6,8-9,11-12,16,19H,7,10,13,20H2,1-2H3;2*1H/t16-,19-;;/m1../s1. The molecule has 0 saturated carbocycles. The van der Waals surface area contributed by atoms with Crippen LogP contribution in [0, 0.1) is 0 Å². The first-order valence-corrected chi connectivity index (χ1v) is 7.90. The molecule has 0 aromatic heterocycles. The second-order valence-electron chi connectivity index (χ2n) is 6.27. The van der Waals surface area contributed by atoms with Crippen molar-refractivity contribution in [2.45, 2.75) is 31.4 Å². The first-order chi connectivity index (χ1) is 10.6. The van der Waals surface area contributed by atoms with Crippen LogP contribution in [-0.2, 0) is 6.42 Å². The van der Waals surface area contributed by atoms with Crippen LogP contribution in [0.5, 0.6) is 5.75 Å². The van der Waals surface area contributed by atoms with E-state index in [1.807, 2.05) is 24.3 Å². The normalized spacial score (nSPS) is 19.5. The van der Waals surface area contributed by atoms with Gasteiger partial charge in [0, 0.05) is 18.2 Å². The van der Waals surface area contributed by atoms with Crippen molar-refractivity contribution in [2.24, 2.45) is 0 Å². The molecule has 3 nitrogen and oxygen atoms in total. The lowest BCUT2D eigenvalue weighted by molar-refractivity contribution is 0.147. The summed E-state index contributed by atoms with van der Waals surface area (Å²) < 4.78 is 6.31. The van der Waals surface area contributed by atoms with Crippen LogP contribution in [0.15, 0.2) is 48.5 Å². The summed E-state index contributed by atoms with van der Waals surface area (Å²) in [4.78, 5) is 2.31. The maximum Gasteiger partial charge on any atom is 0.125 e. The Balaban J connectivity index is 0.00000144. The lowest BCUT2D eigenvalue weighted by atomic mass is 10.0. The zero-order valence-electron chi connectivity index (χ0n) is 14.1. The maximum atomic E-state index is 6.31. The molecule has 2 aromatic rings. The highest BCUT2D eigenvalue weighted by Gasteiger charge is 2.26. The van der Waals surface area contributed by atoms with E-state index in [1.165, 1.54) is 17.5 Å². The summed E-state index contributed by atoms with van der Waals surface area (Å²) in [5.41, 5.74) is 9.26. The molecule has 132 valence electrons. The van der Waals surface area contributed by atoms with Gasteiger partial charge in [-0.15, -0.1) is 24.8 Å². The molecule has 0 heterocycles. The summed E-state index contributed by atoms with van der Waals surface area (Å²) >= 11 is 0. The molecule has 1 aliphatic carbocycles. The van der Waals surface area contributed by atoms with Crippen molar-refractivity contribution in [1.82, 2.24) is 4.90 Å². The number of hydrogen-bond donors (Lipinski definition) is 1. The number of hydrogen-bond acceptors (Lipinski definition) is 3. The summed E-state index contributed by atoms with van der Waals surface area (Å²) in [7, 11) is 4.31. The minimum atomic E-state index is 0. The molecule has 2 N–H and O–H groups in total. The Morgan fingerprint density at radius 2 is 1.67 bits per heavy atom. The third-order valence-corrected chi connectivity index (χ3v) is 4.52. The molecular weight excluding hydrogens is 343 g/mol. The number of ether oxygens (including phenoxy) is 1. The van der Waals surface area contributed by atoms with Crippen molar-refractivity contribution in [3.8, 4) is 5.75 Å². The monoisotopic (exact) mass is 368 g/mol. The van der Waals surface area contributed by atoms with E-state index in [1.54, 1.807) is 0 Å². The van der Waals surface area contributed by atoms with Crippen molar-refractivity contribution in [1.29, 1.82) is 0 Å². The van der Waals surface area contributed by atoms with Crippen molar-refractivity contribution in [2.75, 3.05) is 19.8 Å². The van der Waals surface area contributed by atoms with Crippen LogP contribution in [0.25, 0.3) is 0 Å². The van der Waals surface area contributed by atoms with Gasteiger partial charge < -0.3 is 15.4 Å². The molecule has 0 bridgehead atoms. The van der Waals surface area contributed by atoms with E-state index in [0.29, 0.717) is 6.04 Å². The molecule has 0 unspecified atom stereocenters. The van der Waals surface area contributed by atoms with Gasteiger partial charge in [-0.2, -0.15) is 0 Å². The number of nitrogens with zero attached hydrogens (tertiary/aromatic N) is 1. The van der Waals surface area contributed by atoms with Crippen molar-refractivity contribution in [3.05, 3.63) is 59.7 Å². The van der Waals surface area contributed by atoms with Gasteiger partial charge in [-0.3, -0.25) is 0 Å². The predicted octanol–water partition coefficient (Wildman–Crippen LogP) is 4.50. The number of benzene rings is 2. The number of nitrogens with two attached hydrogens (primary N) is 1. The van der Waals surface area contributed by atoms with Gasteiger partial charge in [-0.25, -0.2) is 0 Å². The van der Waals surface area contributed by atoms with Crippen LogP contribution >= 0.6 is 24.8 Å². The van der Waals surface area contributed by atoms with Crippen molar-refractivity contribution >= 4 is 30.5 Å². The highest BCUT2D eigenvalue weighted by Crippen LogP contribution is 2.34. The number of halogens is 2. The van der Waals surface area contributed by atoms with Gasteiger partial charge in [0.2, 0.25) is 0 Å². The zero-order valence-corrected chi connectivity index (χ0v) is 15.8. The molecule has 0 saturated heterocycles. The van der Waals surface area contributed by atoms with E-state index in [9.17, 15) is 0 Å². The Kier molecular flexibility index (Phi) is 7.88. The Hall–Kier alpha value is -1.42. The molecule has 3 rings (SSSR count). The average molecular weight is 369 g/mol. The number of rotatable bonds is 3. The summed E-state index contributed by atoms with van der Waals surface area (Å²) in [5, 5.41) is 0. The largest absolute Gasteiger partial charge is 0.486 e. The molecule has 0 spiro atoms. The molecule has 2 atom stereocenters. The molecule has 0 fully saturated rings. The molecule has 0 amide bonds. The lowest BCUT2D eigenvalue weighted by Gasteiger charge is -2.27. The van der Waals surface area contributed by atoms with Gasteiger partial charge in [-0.05, 0) is 62.3 Å². The topological polar surface area (TPSA) is 38.5 Å². The molecular formula is C19H26Cl2N2O. The molecule has 0 radical (unpaired) electrons. The van der Waals surface area contributed by atoms with Gasteiger partial charge in [0.25, 0.3) is 0 Å².